The Morgan fingerprint density at radius 2 is 2.19 bits per heavy atom. The number of carbonyl (C=O) groups excluding carboxylic acids is 1. The minimum absolute atomic E-state index is 0.0943. The Bertz CT molecular complexity index is 519. The second-order valence-corrected chi connectivity index (χ2v) is 5.24. The van der Waals surface area contributed by atoms with Gasteiger partial charge in [-0.15, -0.1) is 0 Å². The zero-order valence-corrected chi connectivity index (χ0v) is 11.5. The van der Waals surface area contributed by atoms with Gasteiger partial charge in [0.1, 0.15) is 0 Å². The quantitative estimate of drug-likeness (QED) is 0.887. The third-order valence-electron chi connectivity index (χ3n) is 3.46. The van der Waals surface area contributed by atoms with Crippen LogP contribution < -0.4 is 5.32 Å². The molecule has 21 heavy (non-hydrogen) atoms. The minimum atomic E-state index is -4.39. The highest BCUT2D eigenvalue weighted by molar-refractivity contribution is 5.82. The van der Waals surface area contributed by atoms with Crippen molar-refractivity contribution < 1.29 is 23.1 Å². The maximum absolute atomic E-state index is 12.6. The Labute approximate surface area is 120 Å². The number of benzene rings is 1. The largest absolute Gasteiger partial charge is 0.416 e. The topological polar surface area (TPSA) is 52.6 Å². The van der Waals surface area contributed by atoms with Crippen molar-refractivity contribution in [3.05, 3.63) is 35.4 Å². The number of β-amino-alcohol motifs (C(OH)–C–C–N with tert-alkyl or cyclic N) is 1. The first-order valence-electron chi connectivity index (χ1n) is 6.60. The van der Waals surface area contributed by atoms with E-state index in [1.54, 1.807) is 6.07 Å². The fourth-order valence-corrected chi connectivity index (χ4v) is 2.37. The van der Waals surface area contributed by atoms with Gasteiger partial charge in [0.05, 0.1) is 17.7 Å². The molecule has 0 spiro atoms. The van der Waals surface area contributed by atoms with E-state index in [1.807, 2.05) is 0 Å². The number of halogens is 3. The minimum Gasteiger partial charge on any atom is -0.392 e. The van der Waals surface area contributed by atoms with Crippen molar-refractivity contribution in [3.8, 4) is 0 Å². The number of likely N-dealkylation sites (N-methyl/N-ethyl adjacent to an activating group) is 1. The van der Waals surface area contributed by atoms with E-state index >= 15 is 0 Å². The molecule has 1 aliphatic heterocycles. The first kappa shape index (κ1) is 15.8. The van der Waals surface area contributed by atoms with Crippen LogP contribution >= 0.6 is 0 Å². The second-order valence-electron chi connectivity index (χ2n) is 5.24. The number of aliphatic hydroxyl groups is 1. The summed E-state index contributed by atoms with van der Waals surface area (Å²) in [5.41, 5.74) is -0.311. The molecule has 7 heteroatoms. The molecule has 2 atom stereocenters. The Kier molecular flexibility index (Phi) is 4.53. The van der Waals surface area contributed by atoms with Crippen LogP contribution in [0.4, 0.5) is 13.2 Å². The summed E-state index contributed by atoms with van der Waals surface area (Å²) in [4.78, 5) is 13.5. The predicted molar refractivity (Wildman–Crippen MR) is 70.3 cm³/mol. The van der Waals surface area contributed by atoms with Crippen LogP contribution in [0.2, 0.25) is 0 Å². The summed E-state index contributed by atoms with van der Waals surface area (Å²) in [6.45, 7) is 0.449. The molecule has 1 saturated heterocycles. The van der Waals surface area contributed by atoms with Gasteiger partial charge in [-0.1, -0.05) is 12.1 Å². The molecule has 0 aromatic heterocycles. The van der Waals surface area contributed by atoms with Crippen LogP contribution in [0.1, 0.15) is 17.5 Å². The van der Waals surface area contributed by atoms with Gasteiger partial charge in [-0.3, -0.25) is 4.79 Å². The van der Waals surface area contributed by atoms with Crippen molar-refractivity contribution in [2.45, 2.75) is 31.3 Å². The number of carbonyl (C=O) groups is 1. The lowest BCUT2D eigenvalue weighted by Gasteiger charge is -2.21. The number of aliphatic hydroxyl groups excluding tert-OH is 1. The van der Waals surface area contributed by atoms with Gasteiger partial charge in [0.15, 0.2) is 0 Å². The lowest BCUT2D eigenvalue weighted by Crippen LogP contribution is -2.41. The van der Waals surface area contributed by atoms with E-state index in [2.05, 4.69) is 5.32 Å². The zero-order chi connectivity index (χ0) is 15.6. The molecule has 0 radical (unpaired) electrons. The normalized spacial score (nSPS) is 22.3. The summed E-state index contributed by atoms with van der Waals surface area (Å²) >= 11 is 0. The third kappa shape index (κ3) is 3.95. The molecule has 1 aromatic rings. The van der Waals surface area contributed by atoms with E-state index in [4.69, 9.17) is 0 Å². The van der Waals surface area contributed by atoms with Gasteiger partial charge >= 0.3 is 6.18 Å². The Hall–Kier alpha value is -1.60. The summed E-state index contributed by atoms with van der Waals surface area (Å²) in [5, 5.41) is 12.3. The van der Waals surface area contributed by atoms with E-state index in [0.717, 1.165) is 12.1 Å². The van der Waals surface area contributed by atoms with Crippen LogP contribution in [0.25, 0.3) is 0 Å². The highest BCUT2D eigenvalue weighted by Crippen LogP contribution is 2.29. The lowest BCUT2D eigenvalue weighted by molar-refractivity contribution is -0.137. The molecule has 1 aliphatic rings. The highest BCUT2D eigenvalue weighted by Gasteiger charge is 2.32. The van der Waals surface area contributed by atoms with Gasteiger partial charge in [-0.05, 0) is 24.1 Å². The van der Waals surface area contributed by atoms with E-state index in [1.165, 1.54) is 18.0 Å². The van der Waals surface area contributed by atoms with Crippen molar-refractivity contribution >= 4 is 5.91 Å². The average Bonchev–Trinajstić information content (AvgIpc) is 2.84. The molecule has 0 aliphatic carbocycles. The van der Waals surface area contributed by atoms with Crippen molar-refractivity contribution in [1.82, 2.24) is 10.2 Å². The van der Waals surface area contributed by atoms with E-state index < -0.39 is 23.9 Å². The van der Waals surface area contributed by atoms with Crippen molar-refractivity contribution in [2.24, 2.45) is 0 Å². The Morgan fingerprint density at radius 3 is 2.76 bits per heavy atom. The summed E-state index contributed by atoms with van der Waals surface area (Å²) in [6.07, 6.45) is -4.62. The van der Waals surface area contributed by atoms with Crippen LogP contribution in [0.3, 0.4) is 0 Å². The molecular formula is C14H17F3N2O2. The molecule has 1 amide bonds. The summed E-state index contributed by atoms with van der Waals surface area (Å²) in [7, 11) is 1.54. The molecule has 1 fully saturated rings. The first-order chi connectivity index (χ1) is 9.77. The van der Waals surface area contributed by atoms with Crippen LogP contribution in [-0.2, 0) is 17.5 Å². The number of nitrogens with zero attached hydrogens (tertiary/aromatic N) is 1. The van der Waals surface area contributed by atoms with Gasteiger partial charge in [0.25, 0.3) is 0 Å². The van der Waals surface area contributed by atoms with Crippen LogP contribution in [0.5, 0.6) is 0 Å². The van der Waals surface area contributed by atoms with Gasteiger partial charge in [0.2, 0.25) is 5.91 Å². The molecule has 0 saturated carbocycles. The van der Waals surface area contributed by atoms with Crippen molar-refractivity contribution in [1.29, 1.82) is 0 Å². The molecule has 116 valence electrons. The van der Waals surface area contributed by atoms with Gasteiger partial charge in [0, 0.05) is 20.1 Å². The van der Waals surface area contributed by atoms with Gasteiger partial charge in [-0.25, -0.2) is 0 Å². The molecule has 2 unspecified atom stereocenters. The van der Waals surface area contributed by atoms with Crippen molar-refractivity contribution in [2.75, 3.05) is 13.6 Å². The molecule has 1 aromatic carbocycles. The van der Waals surface area contributed by atoms with Crippen LogP contribution in [-0.4, -0.2) is 41.7 Å². The SMILES string of the molecule is CN(Cc1cccc(C(F)(F)F)c1)C(=O)C1CC(O)CN1. The molecule has 2 N–H and O–H groups in total. The number of amides is 1. The average molecular weight is 302 g/mol. The lowest BCUT2D eigenvalue weighted by atomic mass is 10.1. The Balaban J connectivity index is 2.02. The van der Waals surface area contributed by atoms with Gasteiger partial charge < -0.3 is 15.3 Å². The van der Waals surface area contributed by atoms with Crippen LogP contribution in [0, 0.1) is 0 Å². The summed E-state index contributed by atoms with van der Waals surface area (Å²) < 4.78 is 37.9. The Morgan fingerprint density at radius 1 is 1.48 bits per heavy atom. The molecule has 1 heterocycles. The van der Waals surface area contributed by atoms with E-state index in [9.17, 15) is 23.1 Å². The maximum Gasteiger partial charge on any atom is 0.416 e. The van der Waals surface area contributed by atoms with Gasteiger partial charge in [-0.2, -0.15) is 13.2 Å². The molecule has 4 nitrogen and oxygen atoms in total. The number of hydrogen-bond acceptors (Lipinski definition) is 3. The van der Waals surface area contributed by atoms with E-state index in [0.29, 0.717) is 18.5 Å². The van der Waals surface area contributed by atoms with Crippen molar-refractivity contribution in [3.63, 3.8) is 0 Å². The highest BCUT2D eigenvalue weighted by atomic mass is 19.4. The fourth-order valence-electron chi connectivity index (χ4n) is 2.37. The maximum atomic E-state index is 12.6. The predicted octanol–water partition coefficient (Wildman–Crippen LogP) is 1.39. The molecule has 2 rings (SSSR count). The van der Waals surface area contributed by atoms with E-state index in [-0.39, 0.29) is 12.5 Å². The smallest absolute Gasteiger partial charge is 0.392 e. The number of hydrogen-bond donors (Lipinski definition) is 2. The zero-order valence-electron chi connectivity index (χ0n) is 11.5. The summed E-state index contributed by atoms with van der Waals surface area (Å²) in [5.74, 6) is -0.232. The summed E-state index contributed by atoms with van der Waals surface area (Å²) in [6, 6.07) is 4.45. The molecule has 0 bridgehead atoms. The monoisotopic (exact) mass is 302 g/mol. The number of nitrogens with one attached hydrogen (secondary N) is 1. The first-order valence-corrected chi connectivity index (χ1v) is 6.60. The standard InChI is InChI=1S/C14H17F3N2O2/c1-19(13(21)12-6-11(20)7-18-12)8-9-3-2-4-10(5-9)14(15,16)17/h2-5,11-12,18,20H,6-8H2,1H3. The fraction of sp³-hybridized carbons (Fsp3) is 0.500. The molecular weight excluding hydrogens is 285 g/mol. The second kappa shape index (κ2) is 6.03. The van der Waals surface area contributed by atoms with Crippen LogP contribution in [0.15, 0.2) is 24.3 Å². The number of rotatable bonds is 3. The third-order valence-corrected chi connectivity index (χ3v) is 3.46. The number of alkyl halides is 3.